The molecule has 3 heteroatoms. The summed E-state index contributed by atoms with van der Waals surface area (Å²) in [5.41, 5.74) is 0. The van der Waals surface area contributed by atoms with Crippen LogP contribution in [0.2, 0.25) is 10.1 Å². The molecule has 4 aromatic carbocycles. The lowest BCUT2D eigenvalue weighted by Gasteiger charge is -2.54. The van der Waals surface area contributed by atoms with E-state index >= 15 is 0 Å². The minimum absolute atomic E-state index is 0.0166. The zero-order chi connectivity index (χ0) is 25.2. The molecule has 0 aliphatic rings. The monoisotopic (exact) mass is 493 g/mol. The number of hydrogen-bond donors (Lipinski definition) is 1. The van der Waals surface area contributed by atoms with Gasteiger partial charge in [0.25, 0.3) is 0 Å². The number of benzene rings is 4. The Morgan fingerprint density at radius 1 is 0.371 bits per heavy atom. The van der Waals surface area contributed by atoms with Gasteiger partial charge in [-0.2, -0.15) is 0 Å². The average Bonchev–Trinajstić information content (AvgIpc) is 2.85. The van der Waals surface area contributed by atoms with Gasteiger partial charge in [0.2, 0.25) is 0 Å². The number of rotatable bonds is 6. The van der Waals surface area contributed by atoms with Gasteiger partial charge in [-0.15, -0.1) is 0 Å². The predicted octanol–water partition coefficient (Wildman–Crippen LogP) is 5.70. The lowest BCUT2D eigenvalue weighted by Crippen LogP contribution is -2.87. The second-order valence-electron chi connectivity index (χ2n) is 11.6. The second-order valence-corrected chi connectivity index (χ2v) is 20.9. The molecule has 0 amide bonds. The van der Waals surface area contributed by atoms with Crippen molar-refractivity contribution in [1.82, 2.24) is 4.65 Å². The van der Waals surface area contributed by atoms with Crippen molar-refractivity contribution in [2.24, 2.45) is 0 Å². The van der Waals surface area contributed by atoms with Crippen LogP contribution in [0.15, 0.2) is 121 Å². The summed E-state index contributed by atoms with van der Waals surface area (Å²) in [4.78, 5) is 0. The third-order valence-corrected chi connectivity index (χ3v) is 19.7. The second kappa shape index (κ2) is 9.73. The maximum Gasteiger partial charge on any atom is 0.189 e. The van der Waals surface area contributed by atoms with E-state index in [-0.39, 0.29) is 10.1 Å². The summed E-state index contributed by atoms with van der Waals surface area (Å²) in [5.74, 6) is 0. The van der Waals surface area contributed by atoms with Crippen LogP contribution in [0.5, 0.6) is 0 Å². The molecule has 4 rings (SSSR count). The highest BCUT2D eigenvalue weighted by Gasteiger charge is 2.58. The van der Waals surface area contributed by atoms with Crippen LogP contribution in [0, 0.1) is 0 Å². The largest absolute Gasteiger partial charge is 0.344 e. The maximum absolute atomic E-state index is 4.70. The summed E-state index contributed by atoms with van der Waals surface area (Å²) in [6.07, 6.45) is 0. The van der Waals surface area contributed by atoms with Gasteiger partial charge in [0, 0.05) is 0 Å². The molecule has 180 valence electrons. The van der Waals surface area contributed by atoms with Crippen molar-refractivity contribution in [3.63, 3.8) is 0 Å². The summed E-state index contributed by atoms with van der Waals surface area (Å²) in [5, 5.41) is 5.78. The number of hydrogen-bond acceptors (Lipinski definition) is 1. The van der Waals surface area contributed by atoms with Crippen molar-refractivity contribution in [3.05, 3.63) is 121 Å². The molecule has 1 N–H and O–H groups in total. The molecular weight excluding hydrogens is 455 g/mol. The zero-order valence-corrected chi connectivity index (χ0v) is 24.0. The highest BCUT2D eigenvalue weighted by molar-refractivity contribution is 7.16. The molecule has 0 unspecified atom stereocenters. The maximum atomic E-state index is 4.70. The van der Waals surface area contributed by atoms with E-state index in [4.69, 9.17) is 4.65 Å². The summed E-state index contributed by atoms with van der Waals surface area (Å²) in [6, 6.07) is 45.1. The Hall–Kier alpha value is -2.73. The van der Waals surface area contributed by atoms with E-state index in [0.29, 0.717) is 0 Å². The minimum atomic E-state index is -2.55. The summed E-state index contributed by atoms with van der Waals surface area (Å²) in [6.45, 7) is 14.6. The van der Waals surface area contributed by atoms with Gasteiger partial charge < -0.3 is 4.65 Å². The molecule has 0 heterocycles. The molecule has 0 aliphatic heterocycles. The molecule has 0 aliphatic carbocycles. The quantitative estimate of drug-likeness (QED) is 0.340. The molecule has 1 nitrogen and oxygen atoms in total. The van der Waals surface area contributed by atoms with Gasteiger partial charge in [0.1, 0.15) is 0 Å². The van der Waals surface area contributed by atoms with E-state index in [0.717, 1.165) is 0 Å². The first kappa shape index (κ1) is 25.4. The van der Waals surface area contributed by atoms with Crippen LogP contribution in [-0.2, 0) is 0 Å². The van der Waals surface area contributed by atoms with Crippen molar-refractivity contribution < 1.29 is 0 Å². The lowest BCUT2D eigenvalue weighted by atomic mass is 10.2. The fraction of sp³-hybridized carbons (Fsp3) is 0.250. The third-order valence-electron chi connectivity index (χ3n) is 7.45. The van der Waals surface area contributed by atoms with Crippen molar-refractivity contribution >= 4 is 37.2 Å². The highest BCUT2D eigenvalue weighted by Crippen LogP contribution is 2.40. The lowest BCUT2D eigenvalue weighted by molar-refractivity contribution is 0.698. The first-order valence-corrected chi connectivity index (χ1v) is 16.6. The molecule has 0 atom stereocenters. The Balaban J connectivity index is 2.15. The van der Waals surface area contributed by atoms with Gasteiger partial charge in [-0.1, -0.05) is 163 Å². The van der Waals surface area contributed by atoms with E-state index in [1.807, 2.05) is 0 Å². The first-order chi connectivity index (χ1) is 16.6. The molecule has 0 radical (unpaired) electrons. The Kier molecular flexibility index (Phi) is 7.05. The van der Waals surface area contributed by atoms with Gasteiger partial charge in [0.15, 0.2) is 16.5 Å². The molecule has 4 aromatic rings. The fourth-order valence-electron chi connectivity index (χ4n) is 5.76. The van der Waals surface area contributed by atoms with Crippen LogP contribution in [0.25, 0.3) is 0 Å². The average molecular weight is 494 g/mol. The van der Waals surface area contributed by atoms with E-state index in [2.05, 4.69) is 163 Å². The molecular formula is C32H39NSi2. The smallest absolute Gasteiger partial charge is 0.189 e. The standard InChI is InChI=1S/C32H39NSi2/c1-31(2,3)34(27-19-11-7-12-20-27,28-21-13-8-14-22-28)33-35(32(4,5)6,29-23-15-9-16-24-29)30-25-17-10-18-26-30/h7-26,33H,1-6H3. The topological polar surface area (TPSA) is 12.0 Å². The number of nitrogens with one attached hydrogen (secondary N) is 1. The Morgan fingerprint density at radius 2 is 0.571 bits per heavy atom. The first-order valence-electron chi connectivity index (χ1n) is 12.6. The molecule has 0 fully saturated rings. The van der Waals surface area contributed by atoms with Crippen LogP contribution in [-0.4, -0.2) is 16.5 Å². The van der Waals surface area contributed by atoms with Crippen molar-refractivity contribution in [3.8, 4) is 0 Å². The normalized spacial score (nSPS) is 13.0. The molecule has 0 aromatic heterocycles. The minimum Gasteiger partial charge on any atom is -0.344 e. The van der Waals surface area contributed by atoms with Crippen LogP contribution < -0.4 is 25.4 Å². The molecule has 35 heavy (non-hydrogen) atoms. The van der Waals surface area contributed by atoms with Gasteiger partial charge in [0.05, 0.1) is 0 Å². The van der Waals surface area contributed by atoms with E-state index < -0.39 is 16.5 Å². The van der Waals surface area contributed by atoms with Crippen molar-refractivity contribution in [2.45, 2.75) is 51.6 Å². The Morgan fingerprint density at radius 3 is 0.743 bits per heavy atom. The molecule has 0 saturated carbocycles. The van der Waals surface area contributed by atoms with Gasteiger partial charge >= 0.3 is 0 Å². The van der Waals surface area contributed by atoms with E-state index in [9.17, 15) is 0 Å². The van der Waals surface area contributed by atoms with Crippen LogP contribution in [0.3, 0.4) is 0 Å². The van der Waals surface area contributed by atoms with Crippen molar-refractivity contribution in [2.75, 3.05) is 0 Å². The van der Waals surface area contributed by atoms with E-state index in [1.165, 1.54) is 20.7 Å². The Bertz CT molecular complexity index is 1030. The summed E-state index contributed by atoms with van der Waals surface area (Å²) >= 11 is 0. The zero-order valence-electron chi connectivity index (χ0n) is 22.0. The predicted molar refractivity (Wildman–Crippen MR) is 158 cm³/mol. The highest BCUT2D eigenvalue weighted by atomic mass is 28.4. The Labute approximate surface area is 214 Å². The van der Waals surface area contributed by atoms with Crippen molar-refractivity contribution in [1.29, 1.82) is 0 Å². The molecule has 0 spiro atoms. The molecule has 0 saturated heterocycles. The summed E-state index contributed by atoms with van der Waals surface area (Å²) in [7, 11) is -5.10. The SMILES string of the molecule is CC(C)(C)[Si](N[Si](c1ccccc1)(c1ccccc1)C(C)(C)C)(c1ccccc1)c1ccccc1. The summed E-state index contributed by atoms with van der Waals surface area (Å²) < 4.78 is 4.70. The van der Waals surface area contributed by atoms with Crippen LogP contribution in [0.1, 0.15) is 41.5 Å². The van der Waals surface area contributed by atoms with Crippen LogP contribution >= 0.6 is 0 Å². The fourth-order valence-corrected chi connectivity index (χ4v) is 20.2. The van der Waals surface area contributed by atoms with Gasteiger partial charge in [-0.3, -0.25) is 0 Å². The van der Waals surface area contributed by atoms with Gasteiger partial charge in [-0.25, -0.2) is 0 Å². The van der Waals surface area contributed by atoms with Crippen LogP contribution in [0.4, 0.5) is 0 Å². The third kappa shape index (κ3) is 4.49. The van der Waals surface area contributed by atoms with E-state index in [1.54, 1.807) is 0 Å². The van der Waals surface area contributed by atoms with Gasteiger partial charge in [-0.05, 0) is 30.8 Å². The molecule has 0 bridgehead atoms.